The number of hydrogen-bond donors (Lipinski definition) is 0. The van der Waals surface area contributed by atoms with E-state index in [1.807, 2.05) is 0 Å². The van der Waals surface area contributed by atoms with Crippen molar-refractivity contribution in [2.45, 2.75) is 0 Å². The van der Waals surface area contributed by atoms with Crippen molar-refractivity contribution in [1.82, 2.24) is 0 Å². The summed E-state index contributed by atoms with van der Waals surface area (Å²) in [5.41, 5.74) is 0. The quantitative estimate of drug-likeness (QED) is 0.477. The molecule has 0 nitrogen and oxygen atoms in total. The summed E-state index contributed by atoms with van der Waals surface area (Å²) in [7, 11) is 0. The van der Waals surface area contributed by atoms with Gasteiger partial charge in [-0.25, -0.2) is 0 Å². The van der Waals surface area contributed by atoms with Gasteiger partial charge >= 0.3 is 0 Å². The summed E-state index contributed by atoms with van der Waals surface area (Å²) in [6.45, 7) is 2.20. The fraction of sp³-hybridized carbons (Fsp3) is 1.00. The van der Waals surface area contributed by atoms with Crippen LogP contribution in [-0.2, 0) is 0 Å². The molecule has 0 saturated heterocycles. The molecule has 0 aromatic heterocycles. The van der Waals surface area contributed by atoms with Gasteiger partial charge in [-0.05, 0) is 50.7 Å². The van der Waals surface area contributed by atoms with E-state index in [9.17, 15) is 0 Å². The van der Waals surface area contributed by atoms with Gasteiger partial charge in [-0.15, -0.1) is 0 Å². The third-order valence-corrected chi connectivity index (χ3v) is 0. The van der Waals surface area contributed by atoms with Crippen LogP contribution < -0.4 is 0 Å². The zero-order valence-corrected chi connectivity index (χ0v) is 7.41. The van der Waals surface area contributed by atoms with Gasteiger partial charge in [0.25, 0.3) is 0 Å². The second-order valence-electron chi connectivity index (χ2n) is 0.402. The Kier molecular flexibility index (Phi) is 4.56. The van der Waals surface area contributed by atoms with Crippen LogP contribution in [0.3, 0.4) is 0 Å². The first-order valence-corrected chi connectivity index (χ1v) is 8.15. The van der Waals surface area contributed by atoms with E-state index < -0.39 is 0 Å². The SMILES string of the molecule is CP(I)I. The van der Waals surface area contributed by atoms with E-state index in [1.165, 1.54) is 0 Å². The largest absolute Gasteiger partial charge is 0.0418 e. The fourth-order valence-electron chi connectivity index (χ4n) is 0. The molecule has 0 aliphatic carbocycles. The average molecular weight is 300 g/mol. The maximum Gasteiger partial charge on any atom is 0.0215 e. The zero-order valence-electron chi connectivity index (χ0n) is 2.20. The Morgan fingerprint density at radius 1 is 1.50 bits per heavy atom. The molecule has 4 heavy (non-hydrogen) atoms. The summed E-state index contributed by atoms with van der Waals surface area (Å²) in [4.78, 5) is 0. The molecule has 0 saturated carbocycles. The predicted octanol–water partition coefficient (Wildman–Crippen LogP) is 2.80. The number of hydrogen-bond acceptors (Lipinski definition) is 0. The molecule has 0 aromatic rings. The Morgan fingerprint density at radius 3 is 1.50 bits per heavy atom. The topological polar surface area (TPSA) is 0 Å². The summed E-state index contributed by atoms with van der Waals surface area (Å²) in [6.07, 6.45) is 0. The third kappa shape index (κ3) is 9.10. The van der Waals surface area contributed by atoms with Gasteiger partial charge in [0.15, 0.2) is 0 Å². The van der Waals surface area contributed by atoms with Crippen molar-refractivity contribution >= 4 is 47.3 Å². The van der Waals surface area contributed by atoms with Crippen LogP contribution in [0.4, 0.5) is 0 Å². The van der Waals surface area contributed by atoms with Crippen molar-refractivity contribution in [3.8, 4) is 0 Å². The molecule has 0 aromatic carbocycles. The molecule has 26 valence electrons. The fourth-order valence-corrected chi connectivity index (χ4v) is 0. The predicted molar refractivity (Wildman–Crippen MR) is 40.9 cm³/mol. The van der Waals surface area contributed by atoms with Crippen LogP contribution in [0, 0.1) is 0 Å². The molecule has 0 aliphatic heterocycles. The molecule has 0 bridgehead atoms. The van der Waals surface area contributed by atoms with Crippen LogP contribution in [0.5, 0.6) is 0 Å². The first-order chi connectivity index (χ1) is 1.73. The van der Waals surface area contributed by atoms with E-state index in [-0.39, 0.29) is 0 Å². The minimum absolute atomic E-state index is 0.320. The second-order valence-corrected chi connectivity index (χ2v) is 15.4. The monoisotopic (exact) mass is 300 g/mol. The van der Waals surface area contributed by atoms with E-state index in [1.54, 1.807) is 0 Å². The van der Waals surface area contributed by atoms with E-state index in [4.69, 9.17) is 0 Å². The lowest BCUT2D eigenvalue weighted by Crippen LogP contribution is -1.16. The molecule has 0 unspecified atom stereocenters. The summed E-state index contributed by atoms with van der Waals surface area (Å²) in [5.74, 6) is 0. The second kappa shape index (κ2) is 3.09. The van der Waals surface area contributed by atoms with Gasteiger partial charge in [0.1, 0.15) is 0 Å². The van der Waals surface area contributed by atoms with Gasteiger partial charge < -0.3 is 0 Å². The minimum atomic E-state index is 0.320. The Hall–Kier alpha value is 1.89. The Balaban J connectivity index is 2.32. The lowest BCUT2D eigenvalue weighted by molar-refractivity contribution is 2.52. The Morgan fingerprint density at radius 2 is 1.50 bits per heavy atom. The van der Waals surface area contributed by atoms with Crippen molar-refractivity contribution in [3.63, 3.8) is 0 Å². The van der Waals surface area contributed by atoms with E-state index in [0.717, 1.165) is 0 Å². The highest BCUT2D eigenvalue weighted by Crippen LogP contribution is 2.49. The van der Waals surface area contributed by atoms with Gasteiger partial charge in [0.05, 0.1) is 0 Å². The molecule has 0 atom stereocenters. The van der Waals surface area contributed by atoms with E-state index in [0.29, 0.717) is 3.21 Å². The van der Waals surface area contributed by atoms with Crippen molar-refractivity contribution in [3.05, 3.63) is 0 Å². The maximum atomic E-state index is 2.39. The summed E-state index contributed by atoms with van der Waals surface area (Å²) in [5, 5.41) is 0. The average Bonchev–Trinajstić information content (AvgIpc) is 0.811. The standard InChI is InChI=1S/CH3I2P/c1-4(2)3/h1H3. The van der Waals surface area contributed by atoms with Crippen molar-refractivity contribution in [2.75, 3.05) is 6.66 Å². The van der Waals surface area contributed by atoms with Gasteiger partial charge in [-0.3, -0.25) is 0 Å². The smallest absolute Gasteiger partial charge is 0.0215 e. The first-order valence-electron chi connectivity index (χ1n) is 0.785. The van der Waals surface area contributed by atoms with Crippen LogP contribution >= 0.6 is 47.3 Å². The van der Waals surface area contributed by atoms with Crippen molar-refractivity contribution in [2.24, 2.45) is 0 Å². The molecule has 0 rings (SSSR count). The highest BCUT2D eigenvalue weighted by atomic mass is 127. The Labute approximate surface area is 53.5 Å². The summed E-state index contributed by atoms with van der Waals surface area (Å²) >= 11 is 4.79. The zero-order chi connectivity index (χ0) is 3.58. The van der Waals surface area contributed by atoms with Gasteiger partial charge in [-0.2, -0.15) is 0 Å². The molecule has 3 heteroatoms. The van der Waals surface area contributed by atoms with E-state index >= 15 is 0 Å². The van der Waals surface area contributed by atoms with Crippen LogP contribution in [0.2, 0.25) is 0 Å². The highest BCUT2D eigenvalue weighted by Gasteiger charge is 1.73. The minimum Gasteiger partial charge on any atom is -0.0418 e. The number of halogens is 2. The molecule has 0 aliphatic rings. The molecule has 0 amide bonds. The molecular weight excluding hydrogens is 297 g/mol. The summed E-state index contributed by atoms with van der Waals surface area (Å²) in [6, 6.07) is 0. The van der Waals surface area contributed by atoms with Crippen LogP contribution in [-0.4, -0.2) is 6.66 Å². The van der Waals surface area contributed by atoms with Crippen molar-refractivity contribution in [1.29, 1.82) is 0 Å². The Bertz CT molecular complexity index is 10.8. The van der Waals surface area contributed by atoms with Gasteiger partial charge in [0, 0.05) is 3.21 Å². The molecule has 0 radical (unpaired) electrons. The van der Waals surface area contributed by atoms with Gasteiger partial charge in [-0.1, -0.05) is 0 Å². The first kappa shape index (κ1) is 5.89. The van der Waals surface area contributed by atoms with Gasteiger partial charge in [0.2, 0.25) is 0 Å². The highest BCUT2D eigenvalue weighted by molar-refractivity contribution is 14.3. The maximum absolute atomic E-state index is 2.39. The molecule has 0 spiro atoms. The molecule has 0 fully saturated rings. The lowest BCUT2D eigenvalue weighted by Gasteiger charge is -1.74. The van der Waals surface area contributed by atoms with Crippen LogP contribution in [0.15, 0.2) is 0 Å². The van der Waals surface area contributed by atoms with Crippen LogP contribution in [0.1, 0.15) is 0 Å². The molecule has 0 N–H and O–H groups in total. The third-order valence-electron chi connectivity index (χ3n) is 0. The van der Waals surface area contributed by atoms with Crippen LogP contribution in [0.25, 0.3) is 0 Å². The summed E-state index contributed by atoms with van der Waals surface area (Å²) < 4.78 is 0.320. The van der Waals surface area contributed by atoms with Crippen molar-refractivity contribution < 1.29 is 0 Å². The lowest BCUT2D eigenvalue weighted by atomic mass is 12.0. The normalized spacial score (nSPS) is 9.00. The number of rotatable bonds is 0. The molecule has 0 heterocycles. The molecular formula is CH3I2P. The van der Waals surface area contributed by atoms with E-state index in [2.05, 4.69) is 50.7 Å².